The smallest absolute Gasteiger partial charge is 0.410 e. The quantitative estimate of drug-likeness (QED) is 0.118. The molecule has 4 N–H and O–H groups in total. The van der Waals surface area contributed by atoms with Gasteiger partial charge in [0, 0.05) is 48.3 Å². The second kappa shape index (κ2) is 15.4. The molecule has 0 aliphatic carbocycles. The number of hydrazine groups is 2. The third-order valence-corrected chi connectivity index (χ3v) is 9.77. The summed E-state index contributed by atoms with van der Waals surface area (Å²) in [5, 5.41) is 19.8. The first-order chi connectivity index (χ1) is 25.2. The first-order valence-corrected chi connectivity index (χ1v) is 17.6. The molecule has 7 rings (SSSR count). The fraction of sp³-hybridized carbons (Fsp3) is 0.205. The van der Waals surface area contributed by atoms with Gasteiger partial charge in [-0.2, -0.15) is 5.26 Å². The first kappa shape index (κ1) is 34.9. The SMILES string of the molecule is Cc1ccc(C(Nc2cc(Cl)c3ncc(C#N)c(Nc4ccc(F)c(Cl)c4)c3c2)C2=CN(C3CCN(C(=O)OCc4ccccc4)CC3)NN2)cc1. The third-order valence-electron chi connectivity index (χ3n) is 9.20. The summed E-state index contributed by atoms with van der Waals surface area (Å²) in [6.45, 7) is 3.44. The Labute approximate surface area is 310 Å². The monoisotopic (exact) mass is 736 g/mol. The van der Waals surface area contributed by atoms with E-state index in [-0.39, 0.29) is 35.4 Å². The van der Waals surface area contributed by atoms with Crippen LogP contribution in [-0.4, -0.2) is 40.1 Å². The van der Waals surface area contributed by atoms with Crippen molar-refractivity contribution in [3.05, 3.63) is 141 Å². The van der Waals surface area contributed by atoms with E-state index in [4.69, 9.17) is 27.9 Å². The summed E-state index contributed by atoms with van der Waals surface area (Å²) in [5.74, 6) is -0.545. The fourth-order valence-corrected chi connectivity index (χ4v) is 6.82. The Morgan fingerprint density at radius 1 is 1.04 bits per heavy atom. The molecule has 2 aliphatic heterocycles. The van der Waals surface area contributed by atoms with Gasteiger partial charge in [-0.15, -0.1) is 5.53 Å². The van der Waals surface area contributed by atoms with Gasteiger partial charge in [-0.1, -0.05) is 83.4 Å². The topological polar surface area (TPSA) is 118 Å². The highest BCUT2D eigenvalue weighted by Crippen LogP contribution is 2.37. The number of nitrogens with zero attached hydrogens (tertiary/aromatic N) is 4. The number of carbonyl (C=O) groups is 1. The van der Waals surface area contributed by atoms with Gasteiger partial charge in [-0.3, -0.25) is 9.99 Å². The lowest BCUT2D eigenvalue weighted by Crippen LogP contribution is -2.49. The molecule has 4 aromatic carbocycles. The Hall–Kier alpha value is -5.54. The largest absolute Gasteiger partial charge is 0.445 e. The molecule has 1 amide bonds. The van der Waals surface area contributed by atoms with Crippen LogP contribution in [0.3, 0.4) is 0 Å². The number of fused-ring (bicyclic) bond motifs is 1. The van der Waals surface area contributed by atoms with Crippen LogP contribution >= 0.6 is 23.2 Å². The summed E-state index contributed by atoms with van der Waals surface area (Å²) in [7, 11) is 0. The van der Waals surface area contributed by atoms with Crippen molar-refractivity contribution < 1.29 is 13.9 Å². The zero-order chi connectivity index (χ0) is 36.2. The number of ether oxygens (including phenoxy) is 1. The highest BCUT2D eigenvalue weighted by atomic mass is 35.5. The molecule has 10 nitrogen and oxygen atoms in total. The van der Waals surface area contributed by atoms with Gasteiger partial charge >= 0.3 is 6.09 Å². The zero-order valence-corrected chi connectivity index (χ0v) is 29.7. The van der Waals surface area contributed by atoms with Crippen LogP contribution in [0.25, 0.3) is 10.9 Å². The summed E-state index contributed by atoms with van der Waals surface area (Å²) in [5.41, 5.74) is 13.1. The Kier molecular flexibility index (Phi) is 10.3. The van der Waals surface area contributed by atoms with Crippen molar-refractivity contribution in [2.75, 3.05) is 23.7 Å². The van der Waals surface area contributed by atoms with Crippen LogP contribution in [0.15, 0.2) is 103 Å². The van der Waals surface area contributed by atoms with Crippen LogP contribution in [-0.2, 0) is 11.3 Å². The Bertz CT molecular complexity index is 2170. The highest BCUT2D eigenvalue weighted by molar-refractivity contribution is 6.36. The summed E-state index contributed by atoms with van der Waals surface area (Å²) in [6.07, 6.45) is 4.71. The van der Waals surface area contributed by atoms with Crippen molar-refractivity contribution in [2.24, 2.45) is 0 Å². The molecule has 1 aromatic heterocycles. The van der Waals surface area contributed by atoms with Crippen LogP contribution in [0.4, 0.5) is 26.2 Å². The van der Waals surface area contributed by atoms with Crippen LogP contribution in [0.2, 0.25) is 10.0 Å². The van der Waals surface area contributed by atoms with Crippen molar-refractivity contribution in [3.63, 3.8) is 0 Å². The number of nitrogens with one attached hydrogen (secondary N) is 4. The van der Waals surface area contributed by atoms with Crippen molar-refractivity contribution in [1.29, 1.82) is 5.26 Å². The van der Waals surface area contributed by atoms with Crippen LogP contribution < -0.4 is 21.6 Å². The molecule has 3 heterocycles. The predicted molar refractivity (Wildman–Crippen MR) is 201 cm³/mol. The number of anilines is 3. The summed E-state index contributed by atoms with van der Waals surface area (Å²) in [4.78, 5) is 19.0. The van der Waals surface area contributed by atoms with Gasteiger partial charge in [0.25, 0.3) is 0 Å². The van der Waals surface area contributed by atoms with Crippen molar-refractivity contribution >= 4 is 57.3 Å². The van der Waals surface area contributed by atoms with E-state index in [1.165, 1.54) is 18.3 Å². The number of carbonyl (C=O) groups excluding carboxylic acids is 1. The zero-order valence-electron chi connectivity index (χ0n) is 28.2. The van der Waals surface area contributed by atoms with E-state index in [1.807, 2.05) is 43.3 Å². The van der Waals surface area contributed by atoms with E-state index in [9.17, 15) is 14.4 Å². The standard InChI is InChI=1S/C39H35Cl2FN8O2/c1-24-7-9-26(10-8-24)37(35-22-50(48-47-35)30-13-15-49(16-14-30)39(51)52-23-25-5-3-2-4-6-25)46-29-17-31-36(45-28-11-12-34(42)32(40)18-28)27(20-43)21-44-38(31)33(41)19-29/h2-12,17-19,21-22,30,37,46-48H,13-16,23H2,1H3,(H,44,45). The number of benzene rings is 4. The summed E-state index contributed by atoms with van der Waals surface area (Å²) >= 11 is 12.9. The summed E-state index contributed by atoms with van der Waals surface area (Å²) in [6, 6.07) is 27.9. The van der Waals surface area contributed by atoms with Gasteiger partial charge in [0.2, 0.25) is 0 Å². The lowest BCUT2D eigenvalue weighted by molar-refractivity contribution is 0.0681. The van der Waals surface area contributed by atoms with Crippen LogP contribution in [0.1, 0.15) is 41.1 Å². The number of amides is 1. The first-order valence-electron chi connectivity index (χ1n) is 16.8. The maximum absolute atomic E-state index is 13.9. The van der Waals surface area contributed by atoms with Gasteiger partial charge < -0.3 is 25.7 Å². The minimum atomic E-state index is -0.545. The number of halogens is 3. The number of piperidine rings is 1. The second-order valence-corrected chi connectivity index (χ2v) is 13.6. The van der Waals surface area contributed by atoms with Gasteiger partial charge in [-0.05, 0) is 61.2 Å². The molecular weight excluding hydrogens is 702 g/mol. The second-order valence-electron chi connectivity index (χ2n) is 12.7. The molecule has 1 unspecified atom stereocenters. The van der Waals surface area contributed by atoms with Crippen LogP contribution in [0.5, 0.6) is 0 Å². The molecule has 0 saturated carbocycles. The molecule has 13 heteroatoms. The van der Waals surface area contributed by atoms with E-state index in [2.05, 4.69) is 68.1 Å². The average molecular weight is 738 g/mol. The van der Waals surface area contributed by atoms with E-state index in [0.29, 0.717) is 46.1 Å². The van der Waals surface area contributed by atoms with Gasteiger partial charge in [-0.25, -0.2) is 9.18 Å². The minimum absolute atomic E-state index is 0.0462. The Balaban J connectivity index is 1.12. The number of likely N-dealkylation sites (tertiary alicyclic amines) is 1. The number of nitriles is 1. The fourth-order valence-electron chi connectivity index (χ4n) is 6.37. The van der Waals surface area contributed by atoms with Crippen molar-refractivity contribution in [3.8, 4) is 6.07 Å². The number of pyridine rings is 1. The third kappa shape index (κ3) is 7.70. The molecule has 2 aliphatic rings. The highest BCUT2D eigenvalue weighted by Gasteiger charge is 2.31. The lowest BCUT2D eigenvalue weighted by atomic mass is 10.0. The molecule has 5 aromatic rings. The molecule has 0 bridgehead atoms. The molecule has 52 heavy (non-hydrogen) atoms. The van der Waals surface area contributed by atoms with E-state index in [1.54, 1.807) is 17.0 Å². The Morgan fingerprint density at radius 2 is 1.79 bits per heavy atom. The number of aryl methyl sites for hydroxylation is 1. The molecule has 0 spiro atoms. The lowest BCUT2D eigenvalue weighted by Gasteiger charge is -2.35. The molecular formula is C39H35Cl2FN8O2. The normalized spacial score (nSPS) is 15.1. The number of aromatic nitrogens is 1. The molecule has 1 atom stereocenters. The maximum atomic E-state index is 13.9. The Morgan fingerprint density at radius 3 is 2.52 bits per heavy atom. The number of hydrogen-bond donors (Lipinski definition) is 4. The predicted octanol–water partition coefficient (Wildman–Crippen LogP) is 8.73. The maximum Gasteiger partial charge on any atom is 0.410 e. The average Bonchev–Trinajstić information content (AvgIpc) is 3.66. The van der Waals surface area contributed by atoms with Crippen molar-refractivity contribution in [2.45, 2.75) is 38.5 Å². The van der Waals surface area contributed by atoms with E-state index < -0.39 is 5.82 Å². The number of rotatable bonds is 9. The van der Waals surface area contributed by atoms with E-state index in [0.717, 1.165) is 35.2 Å². The minimum Gasteiger partial charge on any atom is -0.445 e. The van der Waals surface area contributed by atoms with Gasteiger partial charge in [0.05, 0.1) is 38.6 Å². The van der Waals surface area contributed by atoms with E-state index >= 15 is 0 Å². The van der Waals surface area contributed by atoms with Gasteiger partial charge in [0.15, 0.2) is 0 Å². The van der Waals surface area contributed by atoms with Gasteiger partial charge in [0.1, 0.15) is 18.5 Å². The summed E-state index contributed by atoms with van der Waals surface area (Å²) < 4.78 is 19.5. The molecule has 0 radical (unpaired) electrons. The molecule has 264 valence electrons. The van der Waals surface area contributed by atoms with Crippen molar-refractivity contribution in [1.82, 2.24) is 25.9 Å². The van der Waals surface area contributed by atoms with Crippen LogP contribution in [0, 0.1) is 24.1 Å². The number of hydrogen-bond acceptors (Lipinski definition) is 9. The molecule has 1 fully saturated rings. The molecule has 1 saturated heterocycles.